The number of ether oxygens (including phenoxy) is 2. The number of aromatic hydroxyl groups is 1. The van der Waals surface area contributed by atoms with E-state index in [9.17, 15) is 14.7 Å². The smallest absolute Gasteiger partial charge is 0.340 e. The molecule has 6 heteroatoms. The van der Waals surface area contributed by atoms with Gasteiger partial charge in [-0.1, -0.05) is 49.7 Å². The molecule has 1 saturated carbocycles. The van der Waals surface area contributed by atoms with Gasteiger partial charge < -0.3 is 19.9 Å². The van der Waals surface area contributed by atoms with E-state index in [4.69, 9.17) is 9.47 Å². The van der Waals surface area contributed by atoms with Gasteiger partial charge in [-0.05, 0) is 135 Å². The summed E-state index contributed by atoms with van der Waals surface area (Å²) in [6, 6.07) is 15.7. The van der Waals surface area contributed by atoms with Crippen LogP contribution in [-0.2, 0) is 19.1 Å². The molecule has 1 spiro atoms. The van der Waals surface area contributed by atoms with E-state index in [0.717, 1.165) is 104 Å². The largest absolute Gasteiger partial charge is 0.508 e. The molecule has 0 amide bonds. The number of cyclic esters (lactones) is 2. The summed E-state index contributed by atoms with van der Waals surface area (Å²) in [5.74, 6) is 1.88. The van der Waals surface area contributed by atoms with E-state index in [-0.39, 0.29) is 35.4 Å². The van der Waals surface area contributed by atoms with Crippen LogP contribution in [0.25, 0.3) is 16.7 Å². The molecule has 3 aliphatic heterocycles. The normalized spacial score (nSPS) is 30.5. The van der Waals surface area contributed by atoms with Crippen molar-refractivity contribution in [2.45, 2.75) is 71.1 Å². The number of carbonyl (C=O) groups is 2. The summed E-state index contributed by atoms with van der Waals surface area (Å²) in [6.07, 6.45) is 13.8. The lowest BCUT2D eigenvalue weighted by Crippen LogP contribution is -2.52. The highest BCUT2D eigenvalue weighted by atomic mass is 16.5. The van der Waals surface area contributed by atoms with E-state index in [1.807, 2.05) is 30.3 Å². The third-order valence-corrected chi connectivity index (χ3v) is 11.7. The molecule has 0 aromatic heterocycles. The lowest BCUT2D eigenvalue weighted by atomic mass is 9.44. The first-order valence-electron chi connectivity index (χ1n) is 17.4. The van der Waals surface area contributed by atoms with Gasteiger partial charge in [0.15, 0.2) is 0 Å². The minimum Gasteiger partial charge on any atom is -0.508 e. The average Bonchev–Trinajstić information content (AvgIpc) is 3.57. The van der Waals surface area contributed by atoms with Crippen LogP contribution in [0.2, 0.25) is 0 Å². The SMILES string of the molecule is CCCC=C1OC(=O)C2=C(c3cc(O)ccc3-c3ccccc3)C3CCC12C1C2=C(CCC31)C(=CCCC1CCNCC1)OC2=O. The van der Waals surface area contributed by atoms with Gasteiger partial charge in [0.25, 0.3) is 0 Å². The number of unbranched alkanes of at least 4 members (excludes halogenated alkanes) is 1. The number of phenols is 1. The number of rotatable bonds is 7. The Kier molecular flexibility index (Phi) is 7.51. The molecule has 6 nitrogen and oxygen atoms in total. The molecule has 2 saturated heterocycles. The Morgan fingerprint density at radius 3 is 2.54 bits per heavy atom. The lowest BCUT2D eigenvalue weighted by molar-refractivity contribution is -0.135. The molecule has 2 N–H and O–H groups in total. The van der Waals surface area contributed by atoms with Crippen molar-refractivity contribution in [3.05, 3.63) is 94.5 Å². The highest BCUT2D eigenvalue weighted by molar-refractivity contribution is 6.07. The van der Waals surface area contributed by atoms with Gasteiger partial charge in [-0.25, -0.2) is 9.59 Å². The quantitative estimate of drug-likeness (QED) is 0.306. The summed E-state index contributed by atoms with van der Waals surface area (Å²) in [6.45, 7) is 4.29. The Hall–Kier alpha value is -3.90. The van der Waals surface area contributed by atoms with E-state index in [1.165, 1.54) is 12.8 Å². The van der Waals surface area contributed by atoms with Crippen molar-refractivity contribution in [3.63, 3.8) is 0 Å². The maximum atomic E-state index is 14.2. The number of benzene rings is 2. The Morgan fingerprint density at radius 1 is 0.913 bits per heavy atom. The van der Waals surface area contributed by atoms with Crippen molar-refractivity contribution in [2.24, 2.45) is 29.1 Å². The lowest BCUT2D eigenvalue weighted by Gasteiger charge is -2.56. The minimum atomic E-state index is -0.717. The molecular weight excluding hydrogens is 574 g/mol. The van der Waals surface area contributed by atoms with Gasteiger partial charge in [0.05, 0.1) is 11.0 Å². The molecule has 2 aromatic rings. The Morgan fingerprint density at radius 2 is 1.74 bits per heavy atom. The summed E-state index contributed by atoms with van der Waals surface area (Å²) in [5, 5.41) is 14.2. The van der Waals surface area contributed by atoms with Crippen molar-refractivity contribution in [3.8, 4) is 16.9 Å². The highest BCUT2D eigenvalue weighted by Gasteiger charge is 2.68. The molecule has 9 rings (SSSR count). The molecule has 7 aliphatic rings. The summed E-state index contributed by atoms with van der Waals surface area (Å²) >= 11 is 0. The molecule has 3 fully saturated rings. The molecule has 4 aliphatic carbocycles. The second kappa shape index (κ2) is 11.7. The summed E-state index contributed by atoms with van der Waals surface area (Å²) in [7, 11) is 0. The van der Waals surface area contributed by atoms with Crippen LogP contribution in [0.1, 0.15) is 76.7 Å². The van der Waals surface area contributed by atoms with Crippen LogP contribution in [0, 0.1) is 29.1 Å². The number of hydrogen-bond donors (Lipinski definition) is 2. The van der Waals surface area contributed by atoms with E-state index >= 15 is 0 Å². The number of esters is 2. The van der Waals surface area contributed by atoms with Crippen LogP contribution in [-0.4, -0.2) is 30.1 Å². The first-order chi connectivity index (χ1) is 22.5. The zero-order valence-electron chi connectivity index (χ0n) is 26.6. The van der Waals surface area contributed by atoms with Crippen molar-refractivity contribution in [1.82, 2.24) is 5.32 Å². The fourth-order valence-corrected chi connectivity index (χ4v) is 9.78. The summed E-state index contributed by atoms with van der Waals surface area (Å²) < 4.78 is 12.3. The van der Waals surface area contributed by atoms with E-state index in [0.29, 0.717) is 17.3 Å². The maximum absolute atomic E-state index is 14.2. The van der Waals surface area contributed by atoms with Gasteiger partial charge in [0.1, 0.15) is 17.3 Å². The fourth-order valence-electron chi connectivity index (χ4n) is 9.78. The Bertz CT molecular complexity index is 1710. The minimum absolute atomic E-state index is 0.0685. The maximum Gasteiger partial charge on any atom is 0.340 e. The first-order valence-corrected chi connectivity index (χ1v) is 17.4. The standard InChI is InChI=1S/C40H43NO5/c1-2-3-12-33-40-20-17-28(34(37(40)39(44)46-33)31-23-26(42)13-14-27(31)25-9-5-4-6-10-25)29-15-16-30-32(45-38(43)35(30)36(29)40)11-7-8-24-18-21-41-22-19-24/h4-6,9-14,23-24,28-29,36,41-42H,2-3,7-8,15-22H2,1H3. The molecule has 0 radical (unpaired) electrons. The fraction of sp³-hybridized carbons (Fsp3) is 0.450. The van der Waals surface area contributed by atoms with Gasteiger partial charge in [0, 0.05) is 17.1 Å². The molecule has 4 atom stereocenters. The first kappa shape index (κ1) is 29.5. The van der Waals surface area contributed by atoms with Crippen molar-refractivity contribution in [1.29, 1.82) is 0 Å². The molecule has 238 valence electrons. The van der Waals surface area contributed by atoms with Crippen LogP contribution >= 0.6 is 0 Å². The van der Waals surface area contributed by atoms with Crippen LogP contribution in [0.5, 0.6) is 5.75 Å². The molecular formula is C40H43NO5. The van der Waals surface area contributed by atoms with E-state index in [2.05, 4.69) is 36.5 Å². The second-order valence-corrected chi connectivity index (χ2v) is 14.0. The third-order valence-electron chi connectivity index (χ3n) is 11.7. The van der Waals surface area contributed by atoms with Crippen molar-refractivity contribution in [2.75, 3.05) is 13.1 Å². The van der Waals surface area contributed by atoms with Gasteiger partial charge in [0.2, 0.25) is 0 Å². The van der Waals surface area contributed by atoms with Gasteiger partial charge >= 0.3 is 11.9 Å². The number of allylic oxidation sites excluding steroid dienone is 5. The second-order valence-electron chi connectivity index (χ2n) is 14.0. The molecule has 2 bridgehead atoms. The van der Waals surface area contributed by atoms with Gasteiger partial charge in [-0.3, -0.25) is 0 Å². The van der Waals surface area contributed by atoms with Gasteiger partial charge in [-0.2, -0.15) is 0 Å². The third kappa shape index (κ3) is 4.55. The molecule has 4 unspecified atom stereocenters. The number of fused-ring (bicyclic) bond motifs is 1. The van der Waals surface area contributed by atoms with Crippen LogP contribution in [0.3, 0.4) is 0 Å². The number of carbonyl (C=O) groups excluding carboxylic acids is 2. The average molecular weight is 618 g/mol. The zero-order chi connectivity index (χ0) is 31.4. The van der Waals surface area contributed by atoms with Crippen LogP contribution in [0.15, 0.2) is 88.9 Å². The Labute approximate surface area is 271 Å². The number of nitrogens with one attached hydrogen (secondary N) is 1. The van der Waals surface area contributed by atoms with Crippen molar-refractivity contribution >= 4 is 17.5 Å². The summed E-state index contributed by atoms with van der Waals surface area (Å²) in [4.78, 5) is 28.1. The summed E-state index contributed by atoms with van der Waals surface area (Å²) in [5.41, 5.74) is 5.74. The number of hydrogen-bond acceptors (Lipinski definition) is 6. The van der Waals surface area contributed by atoms with E-state index < -0.39 is 5.41 Å². The highest BCUT2D eigenvalue weighted by Crippen LogP contribution is 2.72. The molecule has 2 aromatic carbocycles. The molecule has 3 heterocycles. The predicted octanol–water partition coefficient (Wildman–Crippen LogP) is 8.01. The number of piperidine rings is 1. The predicted molar refractivity (Wildman–Crippen MR) is 177 cm³/mol. The number of phenolic OH excluding ortho intramolecular Hbond substituents is 1. The Balaban J connectivity index is 1.28. The van der Waals surface area contributed by atoms with E-state index in [1.54, 1.807) is 6.07 Å². The zero-order valence-corrected chi connectivity index (χ0v) is 26.6. The molecule has 46 heavy (non-hydrogen) atoms. The van der Waals surface area contributed by atoms with Crippen LogP contribution in [0.4, 0.5) is 0 Å². The van der Waals surface area contributed by atoms with Crippen molar-refractivity contribution < 1.29 is 24.2 Å². The topological polar surface area (TPSA) is 84.9 Å². The van der Waals surface area contributed by atoms with Crippen LogP contribution < -0.4 is 5.32 Å². The monoisotopic (exact) mass is 617 g/mol. The van der Waals surface area contributed by atoms with Gasteiger partial charge in [-0.15, -0.1) is 0 Å².